The molecule has 0 saturated carbocycles. The minimum absolute atomic E-state index is 0.0741. The molecule has 2 heteroatoms. The van der Waals surface area contributed by atoms with Gasteiger partial charge in [-0.25, -0.2) is 0 Å². The van der Waals surface area contributed by atoms with E-state index >= 15 is 0 Å². The molecule has 0 radical (unpaired) electrons. The quantitative estimate of drug-likeness (QED) is 0.519. The van der Waals surface area contributed by atoms with Gasteiger partial charge in [-0.05, 0) is 19.8 Å². The maximum absolute atomic E-state index is 10.5. The molecule has 0 unspecified atom stereocenters. The smallest absolute Gasteiger partial charge is 0.158 e. The average molecular weight is 142 g/mol. The molecule has 0 aliphatic carbocycles. The molecule has 0 amide bonds. The van der Waals surface area contributed by atoms with E-state index in [0.29, 0.717) is 0 Å². The van der Waals surface area contributed by atoms with Crippen LogP contribution in [-0.2, 0) is 9.53 Å². The summed E-state index contributed by atoms with van der Waals surface area (Å²) in [7, 11) is 0. The Bertz CT molecular complexity index is 104. The second-order valence-electron chi connectivity index (χ2n) is 2.11. The third kappa shape index (κ3) is 2.78. The summed E-state index contributed by atoms with van der Waals surface area (Å²) >= 11 is 0. The third-order valence-electron chi connectivity index (χ3n) is 1.38. The fourth-order valence-electron chi connectivity index (χ4n) is 0.898. The van der Waals surface area contributed by atoms with Gasteiger partial charge in [0, 0.05) is 6.61 Å². The van der Waals surface area contributed by atoms with Gasteiger partial charge in [-0.1, -0.05) is 0 Å². The van der Waals surface area contributed by atoms with Crippen molar-refractivity contribution in [2.45, 2.75) is 25.9 Å². The Morgan fingerprint density at radius 2 is 2.20 bits per heavy atom. The minimum Gasteiger partial charge on any atom is -0.370 e. The van der Waals surface area contributed by atoms with E-state index in [9.17, 15) is 4.79 Å². The fraction of sp³-hybridized carbons (Fsp3) is 0.625. The number of Topliss-reactive ketones (excluding diaryl/α,β-unsaturated/α-hetero) is 1. The lowest BCUT2D eigenvalue weighted by Gasteiger charge is -2.00. The van der Waals surface area contributed by atoms with Crippen LogP contribution < -0.4 is 0 Å². The standard InChI is InChI=1S/C6H10O2.C2H4/c1-5(7)6-3-2-4-8-6;1-2/h6H,2-4H2,1H3;1-2H2/t6-;/m1./s1. The number of hydrogen-bond donors (Lipinski definition) is 0. The van der Waals surface area contributed by atoms with Crippen LogP contribution in [0.25, 0.3) is 0 Å². The van der Waals surface area contributed by atoms with E-state index in [0.717, 1.165) is 19.4 Å². The van der Waals surface area contributed by atoms with Crippen molar-refractivity contribution in [1.29, 1.82) is 0 Å². The number of hydrogen-bond acceptors (Lipinski definition) is 2. The van der Waals surface area contributed by atoms with Gasteiger partial charge in [-0.3, -0.25) is 4.79 Å². The van der Waals surface area contributed by atoms with Crippen LogP contribution in [0.15, 0.2) is 13.2 Å². The van der Waals surface area contributed by atoms with Crippen molar-refractivity contribution in [2.24, 2.45) is 0 Å². The maximum Gasteiger partial charge on any atom is 0.158 e. The number of ether oxygens (including phenoxy) is 1. The highest BCUT2D eigenvalue weighted by Crippen LogP contribution is 2.11. The number of carbonyl (C=O) groups is 1. The molecule has 10 heavy (non-hydrogen) atoms. The van der Waals surface area contributed by atoms with E-state index in [1.165, 1.54) is 0 Å². The van der Waals surface area contributed by atoms with Crippen LogP contribution in [0.3, 0.4) is 0 Å². The SMILES string of the molecule is C=C.CC(=O)[C@H]1CCCO1. The zero-order valence-corrected chi connectivity index (χ0v) is 6.43. The van der Waals surface area contributed by atoms with Crippen molar-refractivity contribution < 1.29 is 9.53 Å². The second kappa shape index (κ2) is 5.18. The van der Waals surface area contributed by atoms with Crippen molar-refractivity contribution in [3.63, 3.8) is 0 Å². The predicted molar refractivity (Wildman–Crippen MR) is 40.9 cm³/mol. The summed E-state index contributed by atoms with van der Waals surface area (Å²) < 4.78 is 5.06. The van der Waals surface area contributed by atoms with Crippen molar-refractivity contribution >= 4 is 5.78 Å². The normalized spacial score (nSPS) is 23.1. The number of rotatable bonds is 1. The second-order valence-corrected chi connectivity index (χ2v) is 2.11. The molecule has 1 rings (SSSR count). The first-order valence-electron chi connectivity index (χ1n) is 3.43. The predicted octanol–water partition coefficient (Wildman–Crippen LogP) is 1.56. The van der Waals surface area contributed by atoms with E-state index in [1.807, 2.05) is 0 Å². The zero-order chi connectivity index (χ0) is 7.98. The highest BCUT2D eigenvalue weighted by molar-refractivity contribution is 5.80. The molecule has 1 saturated heterocycles. The van der Waals surface area contributed by atoms with Gasteiger partial charge in [0.15, 0.2) is 5.78 Å². The van der Waals surface area contributed by atoms with Crippen molar-refractivity contribution in [3.8, 4) is 0 Å². The Morgan fingerprint density at radius 3 is 2.40 bits per heavy atom. The van der Waals surface area contributed by atoms with Crippen LogP contribution >= 0.6 is 0 Å². The Hall–Kier alpha value is -0.630. The lowest BCUT2D eigenvalue weighted by Crippen LogP contribution is -2.14. The summed E-state index contributed by atoms with van der Waals surface area (Å²) in [6, 6.07) is 0. The molecule has 0 spiro atoms. The topological polar surface area (TPSA) is 26.3 Å². The van der Waals surface area contributed by atoms with E-state index in [4.69, 9.17) is 4.74 Å². The van der Waals surface area contributed by atoms with Crippen LogP contribution in [-0.4, -0.2) is 18.5 Å². The highest BCUT2D eigenvalue weighted by Gasteiger charge is 2.18. The van der Waals surface area contributed by atoms with Gasteiger partial charge in [0.05, 0.1) is 0 Å². The molecular formula is C8H14O2. The van der Waals surface area contributed by atoms with E-state index < -0.39 is 0 Å². The first kappa shape index (κ1) is 9.37. The van der Waals surface area contributed by atoms with Gasteiger partial charge in [0.2, 0.25) is 0 Å². The van der Waals surface area contributed by atoms with Crippen LogP contribution in [0, 0.1) is 0 Å². The number of carbonyl (C=O) groups excluding carboxylic acids is 1. The molecular weight excluding hydrogens is 128 g/mol. The molecule has 1 heterocycles. The molecule has 1 aliphatic rings. The summed E-state index contributed by atoms with van der Waals surface area (Å²) in [5.74, 6) is 0.169. The van der Waals surface area contributed by atoms with Crippen molar-refractivity contribution in [1.82, 2.24) is 0 Å². The molecule has 58 valence electrons. The first-order valence-corrected chi connectivity index (χ1v) is 3.43. The molecule has 2 nitrogen and oxygen atoms in total. The molecule has 0 N–H and O–H groups in total. The first-order chi connectivity index (χ1) is 4.80. The Kier molecular flexibility index (Phi) is 4.85. The lowest BCUT2D eigenvalue weighted by molar-refractivity contribution is -0.125. The van der Waals surface area contributed by atoms with Gasteiger partial charge < -0.3 is 4.74 Å². The van der Waals surface area contributed by atoms with Crippen LogP contribution in [0.4, 0.5) is 0 Å². The van der Waals surface area contributed by atoms with Crippen LogP contribution in [0.2, 0.25) is 0 Å². The summed E-state index contributed by atoms with van der Waals surface area (Å²) in [5, 5.41) is 0. The van der Waals surface area contributed by atoms with Crippen molar-refractivity contribution in [2.75, 3.05) is 6.61 Å². The molecule has 1 atom stereocenters. The van der Waals surface area contributed by atoms with Crippen LogP contribution in [0.5, 0.6) is 0 Å². The van der Waals surface area contributed by atoms with E-state index in [1.54, 1.807) is 6.92 Å². The van der Waals surface area contributed by atoms with E-state index in [-0.39, 0.29) is 11.9 Å². The molecule has 0 aromatic rings. The third-order valence-corrected chi connectivity index (χ3v) is 1.38. The summed E-state index contributed by atoms with van der Waals surface area (Å²) in [5.41, 5.74) is 0. The Balaban J connectivity index is 0.000000371. The van der Waals surface area contributed by atoms with Crippen LogP contribution in [0.1, 0.15) is 19.8 Å². The zero-order valence-electron chi connectivity index (χ0n) is 6.43. The molecule has 0 aromatic carbocycles. The van der Waals surface area contributed by atoms with Gasteiger partial charge in [-0.2, -0.15) is 0 Å². The summed E-state index contributed by atoms with van der Waals surface area (Å²) in [6.07, 6.45) is 1.90. The van der Waals surface area contributed by atoms with Gasteiger partial charge in [0.1, 0.15) is 6.10 Å². The largest absolute Gasteiger partial charge is 0.370 e. The van der Waals surface area contributed by atoms with Gasteiger partial charge in [0.25, 0.3) is 0 Å². The summed E-state index contributed by atoms with van der Waals surface area (Å²) in [6.45, 7) is 8.35. The van der Waals surface area contributed by atoms with Gasteiger partial charge >= 0.3 is 0 Å². The average Bonchev–Trinajstić information content (AvgIpc) is 2.42. The monoisotopic (exact) mass is 142 g/mol. The van der Waals surface area contributed by atoms with E-state index in [2.05, 4.69) is 13.2 Å². The molecule has 0 aromatic heterocycles. The van der Waals surface area contributed by atoms with Crippen molar-refractivity contribution in [3.05, 3.63) is 13.2 Å². The Labute approximate surface area is 61.9 Å². The molecule has 1 fully saturated rings. The molecule has 1 aliphatic heterocycles. The fourth-order valence-corrected chi connectivity index (χ4v) is 0.898. The lowest BCUT2D eigenvalue weighted by atomic mass is 10.2. The van der Waals surface area contributed by atoms with Gasteiger partial charge in [-0.15, -0.1) is 13.2 Å². The Morgan fingerprint density at radius 1 is 1.60 bits per heavy atom. The summed E-state index contributed by atoms with van der Waals surface area (Å²) in [4.78, 5) is 10.5. The maximum atomic E-state index is 10.5. The highest BCUT2D eigenvalue weighted by atomic mass is 16.5. The number of ketones is 1. The molecule has 0 bridgehead atoms. The minimum atomic E-state index is -0.0741.